The maximum Gasteiger partial charge on any atom is 0.139 e. The van der Waals surface area contributed by atoms with Gasteiger partial charge < -0.3 is 10.1 Å². The highest BCUT2D eigenvalue weighted by Crippen LogP contribution is 2.32. The molecule has 0 saturated heterocycles. The second kappa shape index (κ2) is 6.19. The second-order valence-corrected chi connectivity index (χ2v) is 6.60. The minimum Gasteiger partial charge on any atom is -0.497 e. The van der Waals surface area contributed by atoms with Gasteiger partial charge in [0.15, 0.2) is 0 Å². The summed E-state index contributed by atoms with van der Waals surface area (Å²) in [5.74, 6) is 1.97. The molecule has 0 unspecified atom stereocenters. The van der Waals surface area contributed by atoms with Crippen molar-refractivity contribution in [2.24, 2.45) is 0 Å². The van der Waals surface area contributed by atoms with Crippen molar-refractivity contribution in [2.75, 3.05) is 12.4 Å². The number of imidazole rings is 1. The zero-order valence-electron chi connectivity index (χ0n) is 14.2. The number of hydrogen-bond acceptors (Lipinski definition) is 3. The van der Waals surface area contributed by atoms with Gasteiger partial charge in [0.05, 0.1) is 7.11 Å². The zero-order chi connectivity index (χ0) is 16.5. The van der Waals surface area contributed by atoms with Crippen LogP contribution < -0.4 is 10.1 Å². The molecular weight excluding hydrogens is 298 g/mol. The number of nitrogens with zero attached hydrogens (tertiary/aromatic N) is 2. The van der Waals surface area contributed by atoms with E-state index in [2.05, 4.69) is 47.1 Å². The van der Waals surface area contributed by atoms with E-state index in [0.29, 0.717) is 6.04 Å². The van der Waals surface area contributed by atoms with Crippen LogP contribution in [0.15, 0.2) is 42.6 Å². The molecule has 1 aliphatic rings. The van der Waals surface area contributed by atoms with E-state index in [1.165, 1.54) is 31.2 Å². The molecule has 4 nitrogen and oxygen atoms in total. The molecule has 0 radical (unpaired) electrons. The van der Waals surface area contributed by atoms with Crippen molar-refractivity contribution in [1.82, 2.24) is 9.38 Å². The SMILES string of the molecule is COc1ccc(-c2nc3ccc(C)cn3c2NC2CCCC2)cc1. The molecule has 0 spiro atoms. The molecule has 1 N–H and O–H groups in total. The van der Waals surface area contributed by atoms with Crippen LogP contribution in [0, 0.1) is 6.92 Å². The first kappa shape index (κ1) is 15.1. The number of aryl methyl sites for hydroxylation is 1. The largest absolute Gasteiger partial charge is 0.497 e. The molecule has 1 fully saturated rings. The van der Waals surface area contributed by atoms with E-state index in [-0.39, 0.29) is 0 Å². The Bertz CT molecular complexity index is 845. The first-order valence-electron chi connectivity index (χ1n) is 8.64. The second-order valence-electron chi connectivity index (χ2n) is 6.60. The Morgan fingerprint density at radius 1 is 1.08 bits per heavy atom. The van der Waals surface area contributed by atoms with Crippen molar-refractivity contribution in [2.45, 2.75) is 38.6 Å². The average Bonchev–Trinajstić information content (AvgIpc) is 3.24. The zero-order valence-corrected chi connectivity index (χ0v) is 14.2. The van der Waals surface area contributed by atoms with Gasteiger partial charge in [-0.25, -0.2) is 4.98 Å². The van der Waals surface area contributed by atoms with E-state index in [9.17, 15) is 0 Å². The lowest BCUT2D eigenvalue weighted by molar-refractivity contribution is 0.415. The van der Waals surface area contributed by atoms with Gasteiger partial charge in [0, 0.05) is 17.8 Å². The lowest BCUT2D eigenvalue weighted by Gasteiger charge is -2.15. The molecule has 1 saturated carbocycles. The molecule has 4 heteroatoms. The predicted molar refractivity (Wildman–Crippen MR) is 97.8 cm³/mol. The Labute approximate surface area is 142 Å². The third-order valence-corrected chi connectivity index (χ3v) is 4.83. The molecule has 124 valence electrons. The van der Waals surface area contributed by atoms with E-state index in [1.54, 1.807) is 7.11 Å². The summed E-state index contributed by atoms with van der Waals surface area (Å²) < 4.78 is 7.46. The number of methoxy groups -OCH3 is 1. The van der Waals surface area contributed by atoms with Crippen LogP contribution in [-0.2, 0) is 0 Å². The minimum atomic E-state index is 0.544. The van der Waals surface area contributed by atoms with Crippen molar-refractivity contribution in [1.29, 1.82) is 0 Å². The quantitative estimate of drug-likeness (QED) is 0.758. The van der Waals surface area contributed by atoms with E-state index < -0.39 is 0 Å². The molecule has 2 heterocycles. The van der Waals surface area contributed by atoms with Crippen LogP contribution >= 0.6 is 0 Å². The first-order valence-corrected chi connectivity index (χ1v) is 8.64. The number of rotatable bonds is 4. The van der Waals surface area contributed by atoms with Gasteiger partial charge in [-0.2, -0.15) is 0 Å². The fourth-order valence-corrected chi connectivity index (χ4v) is 3.50. The Balaban J connectivity index is 1.82. The highest BCUT2D eigenvalue weighted by Gasteiger charge is 2.20. The number of hydrogen-bond donors (Lipinski definition) is 1. The van der Waals surface area contributed by atoms with Gasteiger partial charge in [-0.05, 0) is 55.7 Å². The summed E-state index contributed by atoms with van der Waals surface area (Å²) in [4.78, 5) is 4.88. The van der Waals surface area contributed by atoms with Gasteiger partial charge in [-0.15, -0.1) is 0 Å². The van der Waals surface area contributed by atoms with Crippen molar-refractivity contribution < 1.29 is 4.74 Å². The fourth-order valence-electron chi connectivity index (χ4n) is 3.50. The molecule has 0 amide bonds. The number of anilines is 1. The Morgan fingerprint density at radius 3 is 2.54 bits per heavy atom. The Kier molecular flexibility index (Phi) is 3.89. The van der Waals surface area contributed by atoms with E-state index in [4.69, 9.17) is 9.72 Å². The summed E-state index contributed by atoms with van der Waals surface area (Å²) >= 11 is 0. The molecule has 4 rings (SSSR count). The highest BCUT2D eigenvalue weighted by atomic mass is 16.5. The van der Waals surface area contributed by atoms with E-state index in [1.807, 2.05) is 12.1 Å². The van der Waals surface area contributed by atoms with Gasteiger partial charge in [0.25, 0.3) is 0 Å². The summed E-state index contributed by atoms with van der Waals surface area (Å²) in [5, 5.41) is 3.76. The topological polar surface area (TPSA) is 38.6 Å². The van der Waals surface area contributed by atoms with Gasteiger partial charge >= 0.3 is 0 Å². The summed E-state index contributed by atoms with van der Waals surface area (Å²) in [6.07, 6.45) is 7.26. The molecule has 2 aromatic heterocycles. The van der Waals surface area contributed by atoms with Crippen LogP contribution in [0.4, 0.5) is 5.82 Å². The number of benzene rings is 1. The van der Waals surface area contributed by atoms with Crippen molar-refractivity contribution >= 4 is 11.5 Å². The molecule has 0 atom stereocenters. The summed E-state index contributed by atoms with van der Waals surface area (Å²) in [5.41, 5.74) is 4.33. The predicted octanol–water partition coefficient (Wildman–Crippen LogP) is 4.67. The average molecular weight is 321 g/mol. The first-order chi connectivity index (χ1) is 11.7. The van der Waals surface area contributed by atoms with Gasteiger partial charge in [0.1, 0.15) is 22.9 Å². The molecular formula is C20H23N3O. The fraction of sp³-hybridized carbons (Fsp3) is 0.350. The molecule has 3 aromatic rings. The van der Waals surface area contributed by atoms with Crippen LogP contribution in [0.3, 0.4) is 0 Å². The van der Waals surface area contributed by atoms with E-state index >= 15 is 0 Å². The van der Waals surface area contributed by atoms with Crippen LogP contribution in [0.25, 0.3) is 16.9 Å². The lowest BCUT2D eigenvalue weighted by atomic mass is 10.1. The number of pyridine rings is 1. The van der Waals surface area contributed by atoms with Crippen LogP contribution in [-0.4, -0.2) is 22.5 Å². The van der Waals surface area contributed by atoms with Crippen LogP contribution in [0.1, 0.15) is 31.2 Å². The molecule has 1 aliphatic carbocycles. The van der Waals surface area contributed by atoms with E-state index in [0.717, 1.165) is 28.5 Å². The van der Waals surface area contributed by atoms with Gasteiger partial charge in [-0.3, -0.25) is 4.40 Å². The number of fused-ring (bicyclic) bond motifs is 1. The minimum absolute atomic E-state index is 0.544. The molecule has 24 heavy (non-hydrogen) atoms. The van der Waals surface area contributed by atoms with Crippen LogP contribution in [0.2, 0.25) is 0 Å². The molecule has 1 aromatic carbocycles. The Morgan fingerprint density at radius 2 is 1.83 bits per heavy atom. The van der Waals surface area contributed by atoms with Crippen molar-refractivity contribution in [3.63, 3.8) is 0 Å². The van der Waals surface area contributed by atoms with Gasteiger partial charge in [-0.1, -0.05) is 18.9 Å². The standard InChI is InChI=1S/C20H23N3O/c1-14-7-12-18-22-19(15-8-10-17(24-2)11-9-15)20(23(18)13-14)21-16-5-3-4-6-16/h7-13,16,21H,3-6H2,1-2H3. The van der Waals surface area contributed by atoms with Gasteiger partial charge in [0.2, 0.25) is 0 Å². The third-order valence-electron chi connectivity index (χ3n) is 4.83. The maximum atomic E-state index is 5.28. The lowest BCUT2D eigenvalue weighted by Crippen LogP contribution is -2.16. The number of aromatic nitrogens is 2. The normalized spacial score (nSPS) is 15.1. The monoisotopic (exact) mass is 321 g/mol. The summed E-state index contributed by atoms with van der Waals surface area (Å²) in [6.45, 7) is 2.12. The number of nitrogens with one attached hydrogen (secondary N) is 1. The maximum absolute atomic E-state index is 5.28. The smallest absolute Gasteiger partial charge is 0.139 e. The third kappa shape index (κ3) is 2.73. The van der Waals surface area contributed by atoms with Crippen molar-refractivity contribution in [3.8, 4) is 17.0 Å². The molecule has 0 bridgehead atoms. The van der Waals surface area contributed by atoms with Crippen LogP contribution in [0.5, 0.6) is 5.75 Å². The molecule has 0 aliphatic heterocycles. The van der Waals surface area contributed by atoms with Crippen molar-refractivity contribution in [3.05, 3.63) is 48.2 Å². The highest BCUT2D eigenvalue weighted by molar-refractivity contribution is 5.77. The summed E-state index contributed by atoms with van der Waals surface area (Å²) in [7, 11) is 1.69. The summed E-state index contributed by atoms with van der Waals surface area (Å²) in [6, 6.07) is 12.9. The Hall–Kier alpha value is -2.49. The number of ether oxygens (including phenoxy) is 1.